The van der Waals surface area contributed by atoms with Gasteiger partial charge in [0.2, 0.25) is 5.91 Å². The maximum absolute atomic E-state index is 12.2. The van der Waals surface area contributed by atoms with E-state index in [2.05, 4.69) is 20.5 Å². The SMILES string of the molecule is CCn1c(SCC(=O)Nc2ccc(Cl)c(Cl)c2)nnc1-c1ccccn1. The highest BCUT2D eigenvalue weighted by Crippen LogP contribution is 2.26. The number of aromatic nitrogens is 4. The molecule has 3 rings (SSSR count). The van der Waals surface area contributed by atoms with Crippen molar-refractivity contribution in [1.29, 1.82) is 0 Å². The number of pyridine rings is 1. The summed E-state index contributed by atoms with van der Waals surface area (Å²) in [5, 5.41) is 12.7. The van der Waals surface area contributed by atoms with Crippen LogP contribution in [0.15, 0.2) is 47.8 Å². The molecule has 0 saturated carbocycles. The summed E-state index contributed by atoms with van der Waals surface area (Å²) in [4.78, 5) is 16.5. The number of carbonyl (C=O) groups is 1. The van der Waals surface area contributed by atoms with Crippen molar-refractivity contribution in [3.05, 3.63) is 52.6 Å². The summed E-state index contributed by atoms with van der Waals surface area (Å²) >= 11 is 13.1. The molecule has 6 nitrogen and oxygen atoms in total. The van der Waals surface area contributed by atoms with Gasteiger partial charge in [-0.3, -0.25) is 9.78 Å². The van der Waals surface area contributed by atoms with Crippen molar-refractivity contribution in [3.63, 3.8) is 0 Å². The Morgan fingerprint density at radius 1 is 1.19 bits per heavy atom. The molecule has 9 heteroatoms. The maximum atomic E-state index is 12.2. The van der Waals surface area contributed by atoms with Gasteiger partial charge >= 0.3 is 0 Å². The van der Waals surface area contributed by atoms with Gasteiger partial charge in [0, 0.05) is 18.4 Å². The lowest BCUT2D eigenvalue weighted by Gasteiger charge is -2.08. The molecule has 1 N–H and O–H groups in total. The van der Waals surface area contributed by atoms with Crippen LogP contribution in [0.25, 0.3) is 11.5 Å². The average molecular weight is 408 g/mol. The fourth-order valence-corrected chi connectivity index (χ4v) is 3.37. The van der Waals surface area contributed by atoms with E-state index >= 15 is 0 Å². The van der Waals surface area contributed by atoms with Gasteiger partial charge in [0.1, 0.15) is 5.69 Å². The highest BCUT2D eigenvalue weighted by atomic mass is 35.5. The first-order valence-corrected chi connectivity index (χ1v) is 9.55. The summed E-state index contributed by atoms with van der Waals surface area (Å²) in [6.45, 7) is 2.67. The normalized spacial score (nSPS) is 10.7. The van der Waals surface area contributed by atoms with Gasteiger partial charge in [-0.05, 0) is 37.3 Å². The first-order valence-electron chi connectivity index (χ1n) is 7.80. The first kappa shape index (κ1) is 18.7. The molecule has 0 fully saturated rings. The number of carbonyl (C=O) groups excluding carboxylic acids is 1. The zero-order chi connectivity index (χ0) is 18.5. The number of hydrogen-bond acceptors (Lipinski definition) is 5. The van der Waals surface area contributed by atoms with E-state index in [9.17, 15) is 4.79 Å². The lowest BCUT2D eigenvalue weighted by atomic mass is 10.3. The second-order valence-corrected chi connectivity index (χ2v) is 6.99. The third-order valence-corrected chi connectivity index (χ3v) is 5.17. The molecule has 0 aliphatic carbocycles. The van der Waals surface area contributed by atoms with Crippen molar-refractivity contribution in [3.8, 4) is 11.5 Å². The van der Waals surface area contributed by atoms with Gasteiger partial charge in [-0.2, -0.15) is 0 Å². The molecule has 3 aromatic rings. The predicted molar refractivity (Wildman–Crippen MR) is 105 cm³/mol. The third kappa shape index (κ3) is 4.35. The number of rotatable bonds is 6. The molecule has 0 aliphatic heterocycles. The van der Waals surface area contributed by atoms with E-state index in [1.165, 1.54) is 11.8 Å². The summed E-state index contributed by atoms with van der Waals surface area (Å²) < 4.78 is 1.93. The van der Waals surface area contributed by atoms with Gasteiger partial charge in [-0.1, -0.05) is 41.0 Å². The molecular weight excluding hydrogens is 393 g/mol. The Hall–Kier alpha value is -2.09. The molecule has 0 atom stereocenters. The van der Waals surface area contributed by atoms with Crippen LogP contribution < -0.4 is 5.32 Å². The van der Waals surface area contributed by atoms with Gasteiger partial charge in [0.25, 0.3) is 0 Å². The van der Waals surface area contributed by atoms with Gasteiger partial charge < -0.3 is 9.88 Å². The molecule has 1 amide bonds. The van der Waals surface area contributed by atoms with Gasteiger partial charge in [-0.25, -0.2) is 0 Å². The molecule has 26 heavy (non-hydrogen) atoms. The van der Waals surface area contributed by atoms with Crippen LogP contribution in [0.2, 0.25) is 10.0 Å². The van der Waals surface area contributed by atoms with Crippen LogP contribution in [0.1, 0.15) is 6.92 Å². The molecule has 0 spiro atoms. The number of amides is 1. The third-order valence-electron chi connectivity index (χ3n) is 3.46. The van der Waals surface area contributed by atoms with Crippen LogP contribution in [0, 0.1) is 0 Å². The van der Waals surface area contributed by atoms with Crippen molar-refractivity contribution >= 4 is 46.6 Å². The molecular formula is C17H15Cl2N5OS. The van der Waals surface area contributed by atoms with Gasteiger partial charge in [0.05, 0.1) is 15.8 Å². The zero-order valence-electron chi connectivity index (χ0n) is 13.8. The van der Waals surface area contributed by atoms with Crippen molar-refractivity contribution in [2.24, 2.45) is 0 Å². The van der Waals surface area contributed by atoms with Crippen LogP contribution in [0.4, 0.5) is 5.69 Å². The Morgan fingerprint density at radius 2 is 2.04 bits per heavy atom. The quantitative estimate of drug-likeness (QED) is 0.613. The summed E-state index contributed by atoms with van der Waals surface area (Å²) in [6, 6.07) is 10.6. The van der Waals surface area contributed by atoms with E-state index in [1.807, 2.05) is 29.7 Å². The lowest BCUT2D eigenvalue weighted by Crippen LogP contribution is -2.14. The number of hydrogen-bond donors (Lipinski definition) is 1. The first-order chi connectivity index (χ1) is 12.6. The van der Waals surface area contributed by atoms with Gasteiger partial charge in [0.15, 0.2) is 11.0 Å². The molecule has 0 saturated heterocycles. The molecule has 0 bridgehead atoms. The lowest BCUT2D eigenvalue weighted by molar-refractivity contribution is -0.113. The number of anilines is 1. The predicted octanol–water partition coefficient (Wildman–Crippen LogP) is 4.40. The summed E-state index contributed by atoms with van der Waals surface area (Å²) in [5.41, 5.74) is 1.34. The van der Waals surface area contributed by atoms with Crippen LogP contribution in [-0.2, 0) is 11.3 Å². The van der Waals surface area contributed by atoms with Gasteiger partial charge in [-0.15, -0.1) is 10.2 Å². The molecule has 0 radical (unpaired) electrons. The Balaban J connectivity index is 1.67. The fourth-order valence-electron chi connectivity index (χ4n) is 2.27. The maximum Gasteiger partial charge on any atom is 0.234 e. The summed E-state index contributed by atoms with van der Waals surface area (Å²) in [6.07, 6.45) is 1.71. The van der Waals surface area contributed by atoms with E-state index in [-0.39, 0.29) is 11.7 Å². The molecule has 2 heterocycles. The average Bonchev–Trinajstić information content (AvgIpc) is 3.07. The standard InChI is InChI=1S/C17H15Cl2N5OS/c1-2-24-16(14-5-3-4-8-20-14)22-23-17(24)26-10-15(25)21-11-6-7-12(18)13(19)9-11/h3-9H,2,10H2,1H3,(H,21,25). The van der Waals surface area contributed by atoms with E-state index in [0.717, 1.165) is 5.69 Å². The van der Waals surface area contributed by atoms with Crippen LogP contribution >= 0.6 is 35.0 Å². The number of nitrogens with one attached hydrogen (secondary N) is 1. The second-order valence-electron chi connectivity index (χ2n) is 5.23. The Bertz CT molecular complexity index is 917. The summed E-state index contributed by atoms with van der Waals surface area (Å²) in [7, 11) is 0. The Labute approximate surface area is 164 Å². The second kappa shape index (κ2) is 8.53. The smallest absolute Gasteiger partial charge is 0.234 e. The fraction of sp³-hybridized carbons (Fsp3) is 0.176. The van der Waals surface area contributed by atoms with Crippen molar-refractivity contribution in [1.82, 2.24) is 19.7 Å². The minimum atomic E-state index is -0.168. The highest BCUT2D eigenvalue weighted by Gasteiger charge is 2.15. The number of halogens is 2. The number of benzene rings is 1. The van der Waals surface area contributed by atoms with Crippen molar-refractivity contribution < 1.29 is 4.79 Å². The topological polar surface area (TPSA) is 72.7 Å². The minimum Gasteiger partial charge on any atom is -0.325 e. The summed E-state index contributed by atoms with van der Waals surface area (Å²) in [5.74, 6) is 0.708. The van der Waals surface area contributed by atoms with Crippen LogP contribution in [0.3, 0.4) is 0 Å². The van der Waals surface area contributed by atoms with Crippen molar-refractivity contribution in [2.45, 2.75) is 18.6 Å². The Kier molecular flexibility index (Phi) is 6.13. The molecule has 0 unspecified atom stereocenters. The largest absolute Gasteiger partial charge is 0.325 e. The van der Waals surface area contributed by atoms with Crippen LogP contribution in [0.5, 0.6) is 0 Å². The van der Waals surface area contributed by atoms with E-state index in [4.69, 9.17) is 23.2 Å². The zero-order valence-corrected chi connectivity index (χ0v) is 16.1. The molecule has 1 aromatic carbocycles. The van der Waals surface area contributed by atoms with E-state index < -0.39 is 0 Å². The van der Waals surface area contributed by atoms with E-state index in [1.54, 1.807) is 24.4 Å². The Morgan fingerprint density at radius 3 is 2.73 bits per heavy atom. The number of thioether (sulfide) groups is 1. The molecule has 134 valence electrons. The highest BCUT2D eigenvalue weighted by molar-refractivity contribution is 7.99. The van der Waals surface area contributed by atoms with E-state index in [0.29, 0.717) is 33.3 Å². The molecule has 2 aromatic heterocycles. The van der Waals surface area contributed by atoms with Crippen LogP contribution in [-0.4, -0.2) is 31.4 Å². The number of nitrogens with zero attached hydrogens (tertiary/aromatic N) is 4. The monoisotopic (exact) mass is 407 g/mol. The van der Waals surface area contributed by atoms with Crippen molar-refractivity contribution in [2.75, 3.05) is 11.1 Å². The molecule has 0 aliphatic rings. The minimum absolute atomic E-state index is 0.168.